The van der Waals surface area contributed by atoms with Crippen molar-refractivity contribution >= 4 is 30.7 Å². The summed E-state index contributed by atoms with van der Waals surface area (Å²) in [6.07, 6.45) is 0. The van der Waals surface area contributed by atoms with Gasteiger partial charge >= 0.3 is 0 Å². The van der Waals surface area contributed by atoms with Crippen LogP contribution in [0.1, 0.15) is 20.8 Å². The van der Waals surface area contributed by atoms with Gasteiger partial charge in [0.1, 0.15) is 8.07 Å². The Morgan fingerprint density at radius 3 is 1.60 bits per heavy atom. The van der Waals surface area contributed by atoms with E-state index in [1.54, 1.807) is 0 Å². The summed E-state index contributed by atoms with van der Waals surface area (Å²) in [5.74, 6) is 0. The highest BCUT2D eigenvalue weighted by molar-refractivity contribution is 14.1. The lowest BCUT2D eigenvalue weighted by molar-refractivity contribution is 1.20. The van der Waals surface area contributed by atoms with Gasteiger partial charge in [0.15, 0.2) is 0 Å². The molecule has 0 bridgehead atoms. The fraction of sp³-hybridized carbons (Fsp3) is 0.750. The monoisotopic (exact) mass is 266 g/mol. The molecule has 2 heteroatoms. The molecule has 0 radical (unpaired) electrons. The van der Waals surface area contributed by atoms with E-state index in [1.165, 1.54) is 18.1 Å². The van der Waals surface area contributed by atoms with Crippen LogP contribution in [0, 0.1) is 9.47 Å². The molecule has 0 aliphatic heterocycles. The van der Waals surface area contributed by atoms with E-state index in [2.05, 4.69) is 52.8 Å². The van der Waals surface area contributed by atoms with Crippen LogP contribution in [0.5, 0.6) is 0 Å². The van der Waals surface area contributed by atoms with Crippen molar-refractivity contribution < 1.29 is 0 Å². The maximum atomic E-state index is 3.42. The Morgan fingerprint density at radius 2 is 1.50 bits per heavy atom. The first-order valence-corrected chi connectivity index (χ1v) is 7.57. The molecule has 0 aromatic carbocycles. The number of hydrogen-bond acceptors (Lipinski definition) is 0. The molecular formula is C8H15ISi. The van der Waals surface area contributed by atoms with Gasteiger partial charge in [-0.05, 0) is 22.1 Å². The molecule has 0 saturated heterocycles. The second kappa shape index (κ2) is 5.20. The van der Waals surface area contributed by atoms with Gasteiger partial charge in [0.05, 0.1) is 0 Å². The smallest absolute Gasteiger partial charge is 0.120 e. The van der Waals surface area contributed by atoms with Gasteiger partial charge in [-0.2, -0.15) is 0 Å². The lowest BCUT2D eigenvalue weighted by Gasteiger charge is -2.19. The summed E-state index contributed by atoms with van der Waals surface area (Å²) in [7, 11) is -1.09. The molecule has 0 spiro atoms. The zero-order valence-corrected chi connectivity index (χ0v) is 10.2. The maximum absolute atomic E-state index is 3.42. The molecular weight excluding hydrogens is 251 g/mol. The third-order valence-corrected chi connectivity index (χ3v) is 7.84. The van der Waals surface area contributed by atoms with Crippen molar-refractivity contribution in [1.29, 1.82) is 0 Å². The molecule has 0 heterocycles. The highest BCUT2D eigenvalue weighted by Crippen LogP contribution is 2.18. The third kappa shape index (κ3) is 2.63. The predicted molar refractivity (Wildman–Crippen MR) is 59.0 cm³/mol. The quantitative estimate of drug-likeness (QED) is 0.417. The third-order valence-electron chi connectivity index (χ3n) is 2.34. The summed E-state index contributed by atoms with van der Waals surface area (Å²) < 4.78 is 3.04. The van der Waals surface area contributed by atoms with Crippen LogP contribution in [-0.4, -0.2) is 8.07 Å². The molecule has 0 aromatic heterocycles. The SMILES string of the molecule is CC[Si](C#CI)(CC)CC. The van der Waals surface area contributed by atoms with Crippen LogP contribution < -0.4 is 0 Å². The fourth-order valence-electron chi connectivity index (χ4n) is 1.12. The Labute approximate surface area is 78.9 Å². The zero-order chi connectivity index (χ0) is 8.04. The van der Waals surface area contributed by atoms with Crippen molar-refractivity contribution in [2.75, 3.05) is 0 Å². The van der Waals surface area contributed by atoms with Gasteiger partial charge in [0.25, 0.3) is 0 Å². The van der Waals surface area contributed by atoms with E-state index in [4.69, 9.17) is 0 Å². The van der Waals surface area contributed by atoms with Crippen molar-refractivity contribution in [2.24, 2.45) is 0 Å². The van der Waals surface area contributed by atoms with Crippen molar-refractivity contribution in [1.82, 2.24) is 0 Å². The summed E-state index contributed by atoms with van der Waals surface area (Å²) >= 11 is 2.16. The minimum absolute atomic E-state index is 1.09. The highest BCUT2D eigenvalue weighted by Gasteiger charge is 2.23. The number of halogens is 1. The Hall–Kier alpha value is 0.507. The van der Waals surface area contributed by atoms with E-state index in [9.17, 15) is 0 Å². The van der Waals surface area contributed by atoms with E-state index in [1.807, 2.05) is 0 Å². The average molecular weight is 266 g/mol. The number of hydrogen-bond donors (Lipinski definition) is 0. The lowest BCUT2D eigenvalue weighted by Crippen LogP contribution is -2.29. The van der Waals surface area contributed by atoms with Gasteiger partial charge in [-0.1, -0.05) is 20.8 Å². The molecule has 58 valence electrons. The average Bonchev–Trinajstić information content (AvgIpc) is 2.01. The van der Waals surface area contributed by atoms with E-state index < -0.39 is 8.07 Å². The van der Waals surface area contributed by atoms with Gasteiger partial charge in [0.2, 0.25) is 0 Å². The van der Waals surface area contributed by atoms with Gasteiger partial charge < -0.3 is 0 Å². The van der Waals surface area contributed by atoms with Crippen LogP contribution in [0.3, 0.4) is 0 Å². The van der Waals surface area contributed by atoms with Crippen LogP contribution in [0.25, 0.3) is 0 Å². The summed E-state index contributed by atoms with van der Waals surface area (Å²) in [5, 5.41) is 0. The first kappa shape index (κ1) is 10.5. The largest absolute Gasteiger partial charge is 0.138 e. The molecule has 0 saturated carbocycles. The summed E-state index contributed by atoms with van der Waals surface area (Å²) in [4.78, 5) is 0. The van der Waals surface area contributed by atoms with Gasteiger partial charge in [0, 0.05) is 22.6 Å². The first-order chi connectivity index (χ1) is 4.74. The topological polar surface area (TPSA) is 0 Å². The van der Waals surface area contributed by atoms with E-state index in [0.29, 0.717) is 0 Å². The summed E-state index contributed by atoms with van der Waals surface area (Å²) in [6.45, 7) is 6.83. The van der Waals surface area contributed by atoms with Crippen LogP contribution in [0.4, 0.5) is 0 Å². The second-order valence-corrected chi connectivity index (χ2v) is 8.03. The van der Waals surface area contributed by atoms with E-state index in [0.717, 1.165) is 0 Å². The molecule has 0 unspecified atom stereocenters. The molecule has 0 rings (SSSR count). The Balaban J connectivity index is 4.25. The van der Waals surface area contributed by atoms with Crippen LogP contribution >= 0.6 is 22.6 Å². The molecule has 10 heavy (non-hydrogen) atoms. The normalized spacial score (nSPS) is 10.4. The zero-order valence-electron chi connectivity index (χ0n) is 7.00. The van der Waals surface area contributed by atoms with Crippen molar-refractivity contribution in [3.8, 4) is 9.47 Å². The Kier molecular flexibility index (Phi) is 5.46. The van der Waals surface area contributed by atoms with Crippen molar-refractivity contribution in [3.63, 3.8) is 0 Å². The summed E-state index contributed by atoms with van der Waals surface area (Å²) in [5.41, 5.74) is 3.42. The molecule has 0 aliphatic rings. The van der Waals surface area contributed by atoms with E-state index in [-0.39, 0.29) is 0 Å². The minimum atomic E-state index is -1.09. The van der Waals surface area contributed by atoms with Gasteiger partial charge in [-0.3, -0.25) is 0 Å². The molecule has 0 aliphatic carbocycles. The number of rotatable bonds is 3. The second-order valence-electron chi connectivity index (χ2n) is 2.56. The predicted octanol–water partition coefficient (Wildman–Crippen LogP) is 3.43. The maximum Gasteiger partial charge on any atom is 0.138 e. The van der Waals surface area contributed by atoms with Crippen LogP contribution in [0.2, 0.25) is 18.1 Å². The molecule has 0 amide bonds. The first-order valence-electron chi connectivity index (χ1n) is 3.87. The molecule has 0 aromatic rings. The fourth-order valence-corrected chi connectivity index (χ4v) is 5.06. The van der Waals surface area contributed by atoms with Crippen molar-refractivity contribution in [3.05, 3.63) is 0 Å². The Morgan fingerprint density at radius 1 is 1.10 bits per heavy atom. The van der Waals surface area contributed by atoms with E-state index >= 15 is 0 Å². The standard InChI is InChI=1S/C8H15ISi/c1-4-10(5-2,6-3)8-7-9/h4-6H2,1-3H3. The van der Waals surface area contributed by atoms with Crippen LogP contribution in [-0.2, 0) is 0 Å². The molecule has 0 N–H and O–H groups in total. The Bertz CT molecular complexity index is 131. The molecule has 0 atom stereocenters. The van der Waals surface area contributed by atoms with Gasteiger partial charge in [-0.25, -0.2) is 0 Å². The molecule has 0 fully saturated rings. The summed E-state index contributed by atoms with van der Waals surface area (Å²) in [6, 6.07) is 3.95. The minimum Gasteiger partial charge on any atom is -0.120 e. The highest BCUT2D eigenvalue weighted by atomic mass is 127. The lowest BCUT2D eigenvalue weighted by atomic mass is 10.9. The van der Waals surface area contributed by atoms with Crippen molar-refractivity contribution in [2.45, 2.75) is 38.9 Å². The molecule has 0 nitrogen and oxygen atoms in total. The van der Waals surface area contributed by atoms with Gasteiger partial charge in [-0.15, -0.1) is 5.54 Å². The van der Waals surface area contributed by atoms with Crippen LogP contribution in [0.15, 0.2) is 0 Å².